The molecule has 3 aliphatic heterocycles. The van der Waals surface area contributed by atoms with E-state index in [0.29, 0.717) is 17.8 Å². The SMILES string of the molecule is O=C1[C@H]2[C@@H](C(=O)N1c1ccccc1)N(C(=O)c1ccccc1)N1CCc3ccccc3[C@@H]21. The third kappa shape index (κ3) is 2.59. The van der Waals surface area contributed by atoms with Gasteiger partial charge in [0.15, 0.2) is 0 Å². The molecule has 2 saturated heterocycles. The molecule has 0 radical (unpaired) electrons. The van der Waals surface area contributed by atoms with Crippen LogP contribution in [0.4, 0.5) is 5.69 Å². The Labute approximate surface area is 185 Å². The summed E-state index contributed by atoms with van der Waals surface area (Å²) >= 11 is 0. The lowest BCUT2D eigenvalue weighted by atomic mass is 9.85. The number of imide groups is 1. The highest BCUT2D eigenvalue weighted by atomic mass is 16.2. The summed E-state index contributed by atoms with van der Waals surface area (Å²) in [6, 6.07) is 24.8. The predicted molar refractivity (Wildman–Crippen MR) is 118 cm³/mol. The van der Waals surface area contributed by atoms with Gasteiger partial charge in [-0.25, -0.2) is 9.91 Å². The maximum atomic E-state index is 13.7. The highest BCUT2D eigenvalue weighted by Crippen LogP contribution is 2.50. The van der Waals surface area contributed by atoms with Crippen molar-refractivity contribution in [1.82, 2.24) is 10.0 Å². The topological polar surface area (TPSA) is 60.9 Å². The summed E-state index contributed by atoms with van der Waals surface area (Å²) < 4.78 is 0. The lowest BCUT2D eigenvalue weighted by Gasteiger charge is -2.39. The zero-order valence-corrected chi connectivity index (χ0v) is 17.3. The van der Waals surface area contributed by atoms with Gasteiger partial charge < -0.3 is 0 Å². The molecule has 0 N–H and O–H groups in total. The summed E-state index contributed by atoms with van der Waals surface area (Å²) in [5.41, 5.74) is 3.23. The molecule has 3 aromatic carbocycles. The summed E-state index contributed by atoms with van der Waals surface area (Å²) in [4.78, 5) is 42.3. The summed E-state index contributed by atoms with van der Waals surface area (Å²) in [5, 5.41) is 3.51. The standard InChI is InChI=1S/C26H21N3O3/c30-24(18-10-3-1-4-11-18)29-23-21(22-20-14-8-7-9-17(20)15-16-27(22)29)25(31)28(26(23)32)19-12-5-2-6-13-19/h1-14,21-23H,15-16H2/t21-,22+,23+/m1/s1. The predicted octanol–water partition coefficient (Wildman–Crippen LogP) is 3.22. The highest BCUT2D eigenvalue weighted by molar-refractivity contribution is 6.25. The van der Waals surface area contributed by atoms with E-state index in [1.807, 2.05) is 47.5 Å². The van der Waals surface area contributed by atoms with Crippen LogP contribution in [0.15, 0.2) is 84.9 Å². The molecule has 6 rings (SSSR count). The Kier molecular flexibility index (Phi) is 4.23. The molecule has 2 fully saturated rings. The Bertz CT molecular complexity index is 1230. The van der Waals surface area contributed by atoms with Gasteiger partial charge in [0, 0.05) is 12.1 Å². The Morgan fingerprint density at radius 2 is 1.41 bits per heavy atom. The van der Waals surface area contributed by atoms with E-state index < -0.39 is 12.0 Å². The van der Waals surface area contributed by atoms with Crippen LogP contribution in [0.25, 0.3) is 0 Å². The number of fused-ring (bicyclic) bond motifs is 5. The molecule has 3 aliphatic rings. The molecule has 158 valence electrons. The molecule has 0 bridgehead atoms. The van der Waals surface area contributed by atoms with Crippen molar-refractivity contribution in [1.29, 1.82) is 0 Å². The minimum Gasteiger partial charge on any atom is -0.274 e. The second kappa shape index (κ2) is 7.14. The first-order valence-corrected chi connectivity index (χ1v) is 10.8. The first-order chi connectivity index (χ1) is 15.7. The van der Waals surface area contributed by atoms with Gasteiger partial charge in [-0.2, -0.15) is 0 Å². The number of amides is 3. The first-order valence-electron chi connectivity index (χ1n) is 10.8. The van der Waals surface area contributed by atoms with Crippen LogP contribution in [-0.4, -0.2) is 40.3 Å². The Morgan fingerprint density at radius 3 is 2.16 bits per heavy atom. The van der Waals surface area contributed by atoms with Gasteiger partial charge >= 0.3 is 0 Å². The fraction of sp³-hybridized carbons (Fsp3) is 0.192. The Morgan fingerprint density at radius 1 is 0.750 bits per heavy atom. The second-order valence-corrected chi connectivity index (χ2v) is 8.39. The average molecular weight is 423 g/mol. The zero-order chi connectivity index (χ0) is 21.8. The van der Waals surface area contributed by atoms with Crippen molar-refractivity contribution >= 4 is 23.4 Å². The molecule has 3 heterocycles. The van der Waals surface area contributed by atoms with Crippen LogP contribution in [0.1, 0.15) is 27.5 Å². The molecule has 6 heteroatoms. The van der Waals surface area contributed by atoms with Crippen molar-refractivity contribution in [3.05, 3.63) is 102 Å². The number of carbonyl (C=O) groups is 3. The third-order valence-electron chi connectivity index (χ3n) is 6.75. The van der Waals surface area contributed by atoms with Crippen molar-refractivity contribution in [3.63, 3.8) is 0 Å². The number of benzene rings is 3. The van der Waals surface area contributed by atoms with E-state index in [4.69, 9.17) is 0 Å². The lowest BCUT2D eigenvalue weighted by Crippen LogP contribution is -2.52. The van der Waals surface area contributed by atoms with Crippen LogP contribution in [0.2, 0.25) is 0 Å². The normalized spacial score (nSPS) is 24.3. The molecular weight excluding hydrogens is 402 g/mol. The van der Waals surface area contributed by atoms with Crippen LogP contribution < -0.4 is 4.90 Å². The summed E-state index contributed by atoms with van der Waals surface area (Å²) in [7, 11) is 0. The van der Waals surface area contributed by atoms with Gasteiger partial charge in [-0.15, -0.1) is 0 Å². The van der Waals surface area contributed by atoms with Crippen molar-refractivity contribution < 1.29 is 14.4 Å². The first kappa shape index (κ1) is 19.0. The molecule has 0 saturated carbocycles. The molecule has 0 aromatic heterocycles. The molecule has 0 unspecified atom stereocenters. The Hall–Kier alpha value is -3.77. The van der Waals surface area contributed by atoms with Gasteiger partial charge in [0.25, 0.3) is 11.8 Å². The van der Waals surface area contributed by atoms with Crippen LogP contribution in [0.5, 0.6) is 0 Å². The van der Waals surface area contributed by atoms with Crippen molar-refractivity contribution in [2.45, 2.75) is 18.5 Å². The Balaban J connectivity index is 1.50. The van der Waals surface area contributed by atoms with Gasteiger partial charge in [0.05, 0.1) is 17.6 Å². The molecule has 3 atom stereocenters. The number of hydrogen-bond donors (Lipinski definition) is 0. The highest BCUT2D eigenvalue weighted by Gasteiger charge is 2.64. The molecule has 3 aromatic rings. The van der Waals surface area contributed by atoms with Gasteiger partial charge in [0.1, 0.15) is 6.04 Å². The largest absolute Gasteiger partial charge is 0.274 e. The van der Waals surface area contributed by atoms with Gasteiger partial charge in [-0.05, 0) is 41.8 Å². The molecule has 3 amide bonds. The molecule has 6 nitrogen and oxygen atoms in total. The van der Waals surface area contributed by atoms with E-state index in [0.717, 1.165) is 12.0 Å². The summed E-state index contributed by atoms with van der Waals surface area (Å²) in [5.74, 6) is -1.49. The summed E-state index contributed by atoms with van der Waals surface area (Å²) in [6.07, 6.45) is 0.759. The van der Waals surface area contributed by atoms with E-state index in [9.17, 15) is 14.4 Å². The van der Waals surface area contributed by atoms with Crippen LogP contribution in [0, 0.1) is 5.92 Å². The van der Waals surface area contributed by atoms with Crippen molar-refractivity contribution in [2.24, 2.45) is 5.92 Å². The average Bonchev–Trinajstić information content (AvgIpc) is 3.32. The number of carbonyl (C=O) groups excluding carboxylic acids is 3. The van der Waals surface area contributed by atoms with E-state index in [2.05, 4.69) is 6.07 Å². The smallest absolute Gasteiger partial charge is 0.268 e. The fourth-order valence-electron chi connectivity index (χ4n) is 5.40. The van der Waals surface area contributed by atoms with E-state index in [-0.39, 0.29) is 23.8 Å². The van der Waals surface area contributed by atoms with Crippen LogP contribution in [0.3, 0.4) is 0 Å². The number of anilines is 1. The van der Waals surface area contributed by atoms with Gasteiger partial charge in [0.2, 0.25) is 5.91 Å². The number of hydrogen-bond acceptors (Lipinski definition) is 4. The third-order valence-corrected chi connectivity index (χ3v) is 6.75. The van der Waals surface area contributed by atoms with Gasteiger partial charge in [-0.3, -0.25) is 19.4 Å². The van der Waals surface area contributed by atoms with Crippen LogP contribution >= 0.6 is 0 Å². The fourth-order valence-corrected chi connectivity index (χ4v) is 5.40. The van der Waals surface area contributed by atoms with Crippen molar-refractivity contribution in [2.75, 3.05) is 11.4 Å². The van der Waals surface area contributed by atoms with E-state index in [1.165, 1.54) is 10.5 Å². The van der Waals surface area contributed by atoms with E-state index >= 15 is 0 Å². The maximum Gasteiger partial charge on any atom is 0.268 e. The minimum atomic E-state index is -0.855. The zero-order valence-electron chi connectivity index (χ0n) is 17.3. The monoisotopic (exact) mass is 423 g/mol. The van der Waals surface area contributed by atoms with Crippen molar-refractivity contribution in [3.8, 4) is 0 Å². The number of hydrazine groups is 1. The number of para-hydroxylation sites is 1. The molecule has 0 aliphatic carbocycles. The number of nitrogens with zero attached hydrogens (tertiary/aromatic N) is 3. The molecule has 0 spiro atoms. The van der Waals surface area contributed by atoms with Crippen LogP contribution in [-0.2, 0) is 16.0 Å². The minimum absolute atomic E-state index is 0.249. The number of rotatable bonds is 2. The quantitative estimate of drug-likeness (QED) is 0.594. The molecular formula is C26H21N3O3. The lowest BCUT2D eigenvalue weighted by molar-refractivity contribution is -0.126. The summed E-state index contributed by atoms with van der Waals surface area (Å²) in [6.45, 7) is 0.582. The van der Waals surface area contributed by atoms with E-state index in [1.54, 1.807) is 41.4 Å². The maximum absolute atomic E-state index is 13.7. The molecule has 32 heavy (non-hydrogen) atoms. The van der Waals surface area contributed by atoms with Gasteiger partial charge in [-0.1, -0.05) is 60.7 Å². The second-order valence-electron chi connectivity index (χ2n) is 8.39.